The summed E-state index contributed by atoms with van der Waals surface area (Å²) in [4.78, 5) is 11.3. The Labute approximate surface area is 92.0 Å². The molecule has 0 radical (unpaired) electrons. The largest absolute Gasteiger partial charge is 0.494 e. The predicted molar refractivity (Wildman–Crippen MR) is 54.1 cm³/mol. The molecule has 1 rings (SSSR count). The highest BCUT2D eigenvalue weighted by molar-refractivity contribution is 6.35. The number of ether oxygens (including phenoxy) is 2. The fourth-order valence-corrected chi connectivity index (χ4v) is 1.43. The molecule has 0 fully saturated rings. The fraction of sp³-hybridized carbons (Fsp3) is 0.200. The van der Waals surface area contributed by atoms with Gasteiger partial charge in [0.15, 0.2) is 5.75 Å². The van der Waals surface area contributed by atoms with Gasteiger partial charge in [0.2, 0.25) is 0 Å². The van der Waals surface area contributed by atoms with Crippen LogP contribution in [0.1, 0.15) is 15.9 Å². The molecule has 1 aromatic carbocycles. The first-order valence-corrected chi connectivity index (χ1v) is 4.38. The molecule has 0 saturated heterocycles. The molecule has 0 aromatic heterocycles. The van der Waals surface area contributed by atoms with Crippen LogP contribution in [-0.4, -0.2) is 20.2 Å². The van der Waals surface area contributed by atoms with Crippen molar-refractivity contribution in [1.29, 1.82) is 5.26 Å². The Kier molecular flexibility index (Phi) is 3.53. The van der Waals surface area contributed by atoms with Crippen LogP contribution in [0.25, 0.3) is 0 Å². The van der Waals surface area contributed by atoms with Gasteiger partial charge in [-0.1, -0.05) is 11.6 Å². The Morgan fingerprint density at radius 1 is 1.47 bits per heavy atom. The average molecular weight is 226 g/mol. The highest BCUT2D eigenvalue weighted by Gasteiger charge is 2.17. The van der Waals surface area contributed by atoms with Crippen molar-refractivity contribution in [2.75, 3.05) is 14.2 Å². The van der Waals surface area contributed by atoms with Crippen LogP contribution in [0.2, 0.25) is 5.02 Å². The number of nitriles is 1. The molecule has 4 nitrogen and oxygen atoms in total. The Morgan fingerprint density at radius 3 is 2.60 bits per heavy atom. The van der Waals surface area contributed by atoms with E-state index >= 15 is 0 Å². The number of halogens is 1. The van der Waals surface area contributed by atoms with Crippen molar-refractivity contribution in [2.45, 2.75) is 0 Å². The molecule has 0 unspecified atom stereocenters. The number of benzene rings is 1. The van der Waals surface area contributed by atoms with Gasteiger partial charge in [0.25, 0.3) is 0 Å². The summed E-state index contributed by atoms with van der Waals surface area (Å²) in [7, 11) is 2.63. The van der Waals surface area contributed by atoms with Gasteiger partial charge in [0.05, 0.1) is 30.4 Å². The van der Waals surface area contributed by atoms with E-state index in [1.165, 1.54) is 26.4 Å². The Bertz CT molecular complexity index is 437. The zero-order valence-corrected chi connectivity index (χ0v) is 8.96. The minimum Gasteiger partial charge on any atom is -0.494 e. The van der Waals surface area contributed by atoms with Crippen LogP contribution in [-0.2, 0) is 4.74 Å². The monoisotopic (exact) mass is 225 g/mol. The zero-order valence-electron chi connectivity index (χ0n) is 8.20. The van der Waals surface area contributed by atoms with E-state index < -0.39 is 5.97 Å². The summed E-state index contributed by atoms with van der Waals surface area (Å²) >= 11 is 5.89. The summed E-state index contributed by atoms with van der Waals surface area (Å²) in [5.74, 6) is -0.384. The molecule has 5 heteroatoms. The maximum Gasteiger partial charge on any atom is 0.339 e. The van der Waals surface area contributed by atoms with E-state index in [1.807, 2.05) is 6.07 Å². The first-order chi connectivity index (χ1) is 7.15. The van der Waals surface area contributed by atoms with Crippen LogP contribution in [0.3, 0.4) is 0 Å². The van der Waals surface area contributed by atoms with Gasteiger partial charge in [-0.05, 0) is 12.1 Å². The molecule has 0 aliphatic carbocycles. The van der Waals surface area contributed by atoms with Gasteiger partial charge in [0, 0.05) is 0 Å². The van der Waals surface area contributed by atoms with Gasteiger partial charge >= 0.3 is 5.97 Å². The Balaban J connectivity index is 3.37. The lowest BCUT2D eigenvalue weighted by molar-refractivity contribution is 0.0600. The van der Waals surface area contributed by atoms with Crippen LogP contribution in [0.15, 0.2) is 12.1 Å². The number of rotatable bonds is 2. The van der Waals surface area contributed by atoms with E-state index in [-0.39, 0.29) is 21.9 Å². The van der Waals surface area contributed by atoms with Crippen molar-refractivity contribution in [3.05, 3.63) is 28.3 Å². The van der Waals surface area contributed by atoms with Gasteiger partial charge in [-0.25, -0.2) is 4.79 Å². The van der Waals surface area contributed by atoms with Crippen LogP contribution < -0.4 is 4.74 Å². The first-order valence-electron chi connectivity index (χ1n) is 4.00. The van der Waals surface area contributed by atoms with Gasteiger partial charge in [-0.3, -0.25) is 0 Å². The number of carbonyl (C=O) groups excluding carboxylic acids is 1. The molecule has 78 valence electrons. The molecule has 0 spiro atoms. The maximum absolute atomic E-state index is 11.3. The van der Waals surface area contributed by atoms with Crippen LogP contribution in [0.4, 0.5) is 0 Å². The first kappa shape index (κ1) is 11.3. The molecule has 0 amide bonds. The average Bonchev–Trinajstić information content (AvgIpc) is 2.27. The summed E-state index contributed by atoms with van der Waals surface area (Å²) in [6, 6.07) is 4.79. The lowest BCUT2D eigenvalue weighted by atomic mass is 10.1. The molecular formula is C10H8ClNO3. The van der Waals surface area contributed by atoms with E-state index in [4.69, 9.17) is 21.6 Å². The number of carbonyl (C=O) groups is 1. The minimum atomic E-state index is -0.567. The second kappa shape index (κ2) is 4.67. The zero-order chi connectivity index (χ0) is 11.4. The van der Waals surface area contributed by atoms with Crippen LogP contribution >= 0.6 is 11.6 Å². The summed E-state index contributed by atoms with van der Waals surface area (Å²) in [6.07, 6.45) is 0. The summed E-state index contributed by atoms with van der Waals surface area (Å²) in [5, 5.41) is 8.84. The molecule has 1 aromatic rings. The van der Waals surface area contributed by atoms with E-state index in [0.29, 0.717) is 0 Å². The molecule has 0 saturated carbocycles. The fourth-order valence-electron chi connectivity index (χ4n) is 1.11. The molecule has 0 heterocycles. The highest BCUT2D eigenvalue weighted by Crippen LogP contribution is 2.31. The second-order valence-electron chi connectivity index (χ2n) is 2.61. The van der Waals surface area contributed by atoms with Crippen molar-refractivity contribution in [1.82, 2.24) is 0 Å². The van der Waals surface area contributed by atoms with E-state index in [0.717, 1.165) is 0 Å². The van der Waals surface area contributed by atoms with E-state index in [1.54, 1.807) is 0 Å². The molecule has 0 bridgehead atoms. The van der Waals surface area contributed by atoms with Crippen molar-refractivity contribution < 1.29 is 14.3 Å². The molecule has 15 heavy (non-hydrogen) atoms. The topological polar surface area (TPSA) is 59.3 Å². The van der Waals surface area contributed by atoms with Crippen molar-refractivity contribution >= 4 is 17.6 Å². The van der Waals surface area contributed by atoms with E-state index in [9.17, 15) is 4.79 Å². The van der Waals surface area contributed by atoms with Gasteiger partial charge < -0.3 is 9.47 Å². The predicted octanol–water partition coefficient (Wildman–Crippen LogP) is 2.01. The number of esters is 1. The van der Waals surface area contributed by atoms with Crippen molar-refractivity contribution in [3.8, 4) is 11.8 Å². The molecule has 0 aliphatic rings. The summed E-state index contributed by atoms with van der Waals surface area (Å²) in [6.45, 7) is 0. The highest BCUT2D eigenvalue weighted by atomic mass is 35.5. The number of methoxy groups -OCH3 is 2. The summed E-state index contributed by atoms with van der Waals surface area (Å²) in [5.41, 5.74) is 0.449. The number of nitrogens with zero attached hydrogens (tertiary/aromatic N) is 1. The molecule has 0 aliphatic heterocycles. The van der Waals surface area contributed by atoms with Crippen LogP contribution in [0.5, 0.6) is 5.75 Å². The third-order valence-corrected chi connectivity index (χ3v) is 2.20. The number of hydrogen-bond acceptors (Lipinski definition) is 4. The van der Waals surface area contributed by atoms with Crippen molar-refractivity contribution in [2.24, 2.45) is 0 Å². The van der Waals surface area contributed by atoms with Crippen molar-refractivity contribution in [3.63, 3.8) is 0 Å². The SMILES string of the molecule is COC(=O)c1ccc(C#N)c(OC)c1Cl. The molecule has 0 N–H and O–H groups in total. The summed E-state index contributed by atoms with van der Waals surface area (Å²) < 4.78 is 9.47. The standard InChI is InChI=1S/C10H8ClNO3/c1-14-9-6(5-12)3-4-7(8(9)11)10(13)15-2/h3-4H,1-2H3. The van der Waals surface area contributed by atoms with Gasteiger partial charge in [-0.2, -0.15) is 5.26 Å². The maximum atomic E-state index is 11.3. The third kappa shape index (κ3) is 2.03. The van der Waals surface area contributed by atoms with Gasteiger partial charge in [0.1, 0.15) is 6.07 Å². The smallest absolute Gasteiger partial charge is 0.339 e. The lowest BCUT2D eigenvalue weighted by Crippen LogP contribution is -2.03. The van der Waals surface area contributed by atoms with E-state index in [2.05, 4.69) is 4.74 Å². The molecular weight excluding hydrogens is 218 g/mol. The number of hydrogen-bond donors (Lipinski definition) is 0. The van der Waals surface area contributed by atoms with Crippen LogP contribution in [0, 0.1) is 11.3 Å². The second-order valence-corrected chi connectivity index (χ2v) is 2.99. The minimum absolute atomic E-state index is 0.0865. The third-order valence-electron chi connectivity index (χ3n) is 1.83. The Hall–Kier alpha value is -1.73. The van der Waals surface area contributed by atoms with Gasteiger partial charge in [-0.15, -0.1) is 0 Å². The quantitative estimate of drug-likeness (QED) is 0.723. The normalized spacial score (nSPS) is 9.20. The lowest BCUT2D eigenvalue weighted by Gasteiger charge is -2.08. The molecule has 0 atom stereocenters. The Morgan fingerprint density at radius 2 is 2.13 bits per heavy atom.